The van der Waals surface area contributed by atoms with Crippen molar-refractivity contribution in [2.24, 2.45) is 11.3 Å². The second kappa shape index (κ2) is 4.99. The summed E-state index contributed by atoms with van der Waals surface area (Å²) in [5.41, 5.74) is -2.01. The van der Waals surface area contributed by atoms with Gasteiger partial charge in [0, 0.05) is 11.3 Å². The van der Waals surface area contributed by atoms with Crippen LogP contribution in [0.15, 0.2) is 54.5 Å². The van der Waals surface area contributed by atoms with Gasteiger partial charge in [-0.25, -0.2) is 0 Å². The normalized spacial score (nSPS) is 32.1. The third kappa shape index (κ3) is 1.89. The standard InChI is InChI=1S/C19H20Cl2O/c1-13-9-11-16(12-10-13)18(22,15-7-5-4-6-8-15)17(3)14(2)19(17,20)21/h4-12,14,22H,1-3H3/t14-,17-,18+/m0/s1/i4D,5D,6D,7D,8D. The lowest BCUT2D eigenvalue weighted by Gasteiger charge is -2.37. The van der Waals surface area contributed by atoms with Gasteiger partial charge in [-0.2, -0.15) is 0 Å². The number of halogens is 2. The van der Waals surface area contributed by atoms with Crippen molar-refractivity contribution in [2.45, 2.75) is 30.7 Å². The fourth-order valence-electron chi connectivity index (χ4n) is 3.22. The number of aliphatic hydroxyl groups is 1. The molecule has 1 aliphatic rings. The van der Waals surface area contributed by atoms with Crippen LogP contribution < -0.4 is 0 Å². The molecule has 3 atom stereocenters. The van der Waals surface area contributed by atoms with E-state index in [-0.39, 0.29) is 11.5 Å². The van der Waals surface area contributed by atoms with E-state index in [0.717, 1.165) is 5.56 Å². The average molecular weight is 340 g/mol. The molecule has 2 aromatic carbocycles. The van der Waals surface area contributed by atoms with Crippen LogP contribution in [0.2, 0.25) is 0 Å². The molecule has 0 heterocycles. The summed E-state index contributed by atoms with van der Waals surface area (Å²) in [5.74, 6) is -0.377. The summed E-state index contributed by atoms with van der Waals surface area (Å²) in [6.07, 6.45) is 0. The van der Waals surface area contributed by atoms with Gasteiger partial charge >= 0.3 is 0 Å². The molecule has 22 heavy (non-hydrogen) atoms. The fraction of sp³-hybridized carbons (Fsp3) is 0.368. The van der Waals surface area contributed by atoms with E-state index < -0.39 is 45.6 Å². The van der Waals surface area contributed by atoms with Gasteiger partial charge in [0.15, 0.2) is 0 Å². The summed E-state index contributed by atoms with van der Waals surface area (Å²) in [6, 6.07) is 4.46. The largest absolute Gasteiger partial charge is 0.380 e. The predicted octanol–water partition coefficient (Wildman–Crippen LogP) is 5.06. The molecule has 0 unspecified atom stereocenters. The summed E-state index contributed by atoms with van der Waals surface area (Å²) in [4.78, 5) is 0. The molecule has 1 aliphatic carbocycles. The molecule has 0 amide bonds. The molecule has 0 spiro atoms. The molecule has 3 rings (SSSR count). The van der Waals surface area contributed by atoms with Crippen molar-refractivity contribution in [1.29, 1.82) is 0 Å². The third-order valence-electron chi connectivity index (χ3n) is 5.10. The lowest BCUT2D eigenvalue weighted by molar-refractivity contribution is 0.00155. The molecule has 0 aliphatic heterocycles. The highest BCUT2D eigenvalue weighted by Gasteiger charge is 2.79. The maximum atomic E-state index is 12.0. The molecule has 2 aromatic rings. The highest BCUT2D eigenvalue weighted by atomic mass is 35.5. The summed E-state index contributed by atoms with van der Waals surface area (Å²) >= 11 is 13.0. The SMILES string of the molecule is [2H]c1c([2H])c([2H])c([C@@](O)(c2ccc(C)cc2)[C@]2(C)[C@H](C)C2(Cl)Cl)c([2H])c1[2H]. The van der Waals surface area contributed by atoms with E-state index in [4.69, 9.17) is 30.1 Å². The number of hydrogen-bond acceptors (Lipinski definition) is 1. The summed E-state index contributed by atoms with van der Waals surface area (Å²) in [7, 11) is 0. The van der Waals surface area contributed by atoms with Crippen LogP contribution in [0.5, 0.6) is 0 Å². The Morgan fingerprint density at radius 3 is 2.05 bits per heavy atom. The van der Waals surface area contributed by atoms with E-state index in [1.54, 1.807) is 38.1 Å². The van der Waals surface area contributed by atoms with Gasteiger partial charge in [0.1, 0.15) is 9.93 Å². The summed E-state index contributed by atoms with van der Waals surface area (Å²) in [6.45, 7) is 5.34. The first-order valence-electron chi connectivity index (χ1n) is 9.58. The number of hydrogen-bond donors (Lipinski definition) is 1. The molecular formula is C19H20Cl2O. The van der Waals surface area contributed by atoms with E-state index in [9.17, 15) is 5.11 Å². The number of alkyl halides is 2. The van der Waals surface area contributed by atoms with Crippen LogP contribution in [-0.2, 0) is 5.60 Å². The highest BCUT2D eigenvalue weighted by molar-refractivity contribution is 6.52. The minimum absolute atomic E-state index is 0.213. The Morgan fingerprint density at radius 1 is 1.09 bits per heavy atom. The van der Waals surface area contributed by atoms with Gasteiger partial charge in [-0.15, -0.1) is 23.2 Å². The van der Waals surface area contributed by atoms with E-state index in [1.165, 1.54) is 0 Å². The number of aryl methyl sites for hydroxylation is 1. The van der Waals surface area contributed by atoms with Gasteiger partial charge in [0.2, 0.25) is 0 Å². The Balaban J connectivity index is 2.43. The van der Waals surface area contributed by atoms with Gasteiger partial charge in [0.25, 0.3) is 0 Å². The van der Waals surface area contributed by atoms with Crippen molar-refractivity contribution in [3.8, 4) is 0 Å². The fourth-order valence-corrected chi connectivity index (χ4v) is 4.15. The van der Waals surface area contributed by atoms with Crippen LogP contribution in [0.25, 0.3) is 0 Å². The van der Waals surface area contributed by atoms with Gasteiger partial charge in [-0.1, -0.05) is 73.9 Å². The zero-order chi connectivity index (χ0) is 20.5. The predicted molar refractivity (Wildman–Crippen MR) is 92.3 cm³/mol. The molecule has 0 saturated heterocycles. The highest BCUT2D eigenvalue weighted by Crippen LogP contribution is 2.76. The second-order valence-corrected chi connectivity index (χ2v) is 7.51. The van der Waals surface area contributed by atoms with E-state index in [0.29, 0.717) is 5.56 Å². The zero-order valence-corrected chi connectivity index (χ0v) is 14.1. The van der Waals surface area contributed by atoms with Crippen molar-refractivity contribution >= 4 is 23.2 Å². The van der Waals surface area contributed by atoms with Gasteiger partial charge in [0.05, 0.1) is 6.85 Å². The molecule has 0 bridgehead atoms. The number of rotatable bonds is 3. The molecule has 116 valence electrons. The van der Waals surface area contributed by atoms with Crippen LogP contribution in [-0.4, -0.2) is 9.44 Å². The van der Waals surface area contributed by atoms with E-state index >= 15 is 0 Å². The van der Waals surface area contributed by atoms with Crippen LogP contribution >= 0.6 is 23.2 Å². The van der Waals surface area contributed by atoms with Crippen LogP contribution in [0.4, 0.5) is 0 Å². The maximum Gasteiger partial charge on any atom is 0.130 e. The molecular weight excluding hydrogens is 315 g/mol. The van der Waals surface area contributed by atoms with E-state index in [1.807, 2.05) is 6.92 Å². The second-order valence-electron chi connectivity index (χ2n) is 6.12. The molecule has 1 saturated carbocycles. The monoisotopic (exact) mass is 339 g/mol. The Hall–Kier alpha value is -1.02. The smallest absolute Gasteiger partial charge is 0.130 e. The molecule has 3 heteroatoms. The van der Waals surface area contributed by atoms with Gasteiger partial charge in [-0.05, 0) is 18.1 Å². The first kappa shape index (κ1) is 10.7. The van der Waals surface area contributed by atoms with Crippen molar-refractivity contribution < 1.29 is 12.0 Å². The van der Waals surface area contributed by atoms with Crippen LogP contribution in [0, 0.1) is 18.3 Å². The molecule has 0 radical (unpaired) electrons. The van der Waals surface area contributed by atoms with Crippen LogP contribution in [0.3, 0.4) is 0 Å². The maximum absolute atomic E-state index is 12.0. The Kier molecular flexibility index (Phi) is 2.43. The van der Waals surface area contributed by atoms with Gasteiger partial charge in [-0.3, -0.25) is 0 Å². The first-order chi connectivity index (χ1) is 12.3. The van der Waals surface area contributed by atoms with Crippen molar-refractivity contribution in [2.75, 3.05) is 0 Å². The molecule has 1 N–H and O–H groups in total. The average Bonchev–Trinajstić information content (AvgIpc) is 3.03. The third-order valence-corrected chi connectivity index (χ3v) is 6.54. The summed E-state index contributed by atoms with van der Waals surface area (Å²) < 4.78 is 39.2. The van der Waals surface area contributed by atoms with Crippen molar-refractivity contribution in [1.82, 2.24) is 0 Å². The quantitative estimate of drug-likeness (QED) is 0.774. The van der Waals surface area contributed by atoms with E-state index in [2.05, 4.69) is 0 Å². The zero-order valence-electron chi connectivity index (χ0n) is 17.6. The lowest BCUT2D eigenvalue weighted by atomic mass is 9.73. The van der Waals surface area contributed by atoms with Crippen molar-refractivity contribution in [3.63, 3.8) is 0 Å². The Bertz CT molecular complexity index is 902. The topological polar surface area (TPSA) is 20.2 Å². The minimum atomic E-state index is -1.98. The first-order valence-corrected chi connectivity index (χ1v) is 7.83. The molecule has 1 nitrogen and oxygen atoms in total. The van der Waals surface area contributed by atoms with Crippen molar-refractivity contribution in [3.05, 3.63) is 71.2 Å². The lowest BCUT2D eigenvalue weighted by Crippen LogP contribution is -2.40. The Morgan fingerprint density at radius 2 is 1.59 bits per heavy atom. The number of benzene rings is 2. The summed E-state index contributed by atoms with van der Waals surface area (Å²) in [5, 5.41) is 12.0. The molecule has 1 fully saturated rings. The Labute approximate surface area is 148 Å². The van der Waals surface area contributed by atoms with Crippen LogP contribution in [0.1, 0.15) is 37.4 Å². The molecule has 0 aromatic heterocycles. The minimum Gasteiger partial charge on any atom is -0.380 e. The van der Waals surface area contributed by atoms with Gasteiger partial charge < -0.3 is 5.11 Å².